The average Bonchev–Trinajstić information content (AvgIpc) is 3.31. The zero-order valence-electron chi connectivity index (χ0n) is 14.7. The molecule has 1 aliphatic carbocycles. The molecule has 2 N–H and O–H groups in total. The van der Waals surface area contributed by atoms with Crippen molar-refractivity contribution in [1.82, 2.24) is 20.4 Å². The van der Waals surface area contributed by atoms with Crippen LogP contribution in [0.25, 0.3) is 0 Å². The Kier molecular flexibility index (Phi) is 4.94. The van der Waals surface area contributed by atoms with Crippen molar-refractivity contribution in [2.24, 2.45) is 0 Å². The van der Waals surface area contributed by atoms with E-state index in [-0.39, 0.29) is 24.0 Å². The maximum atomic E-state index is 12.7. The van der Waals surface area contributed by atoms with E-state index in [1.54, 1.807) is 0 Å². The maximum Gasteiger partial charge on any atom is 0.318 e. The molecule has 3 aliphatic rings. The van der Waals surface area contributed by atoms with E-state index in [0.29, 0.717) is 13.2 Å². The van der Waals surface area contributed by atoms with E-state index >= 15 is 0 Å². The molecule has 1 aromatic rings. The van der Waals surface area contributed by atoms with Crippen molar-refractivity contribution in [2.45, 2.75) is 69.3 Å². The Morgan fingerprint density at radius 3 is 3.00 bits per heavy atom. The van der Waals surface area contributed by atoms with Gasteiger partial charge >= 0.3 is 6.03 Å². The highest BCUT2D eigenvalue weighted by molar-refractivity contribution is 5.74. The van der Waals surface area contributed by atoms with Crippen molar-refractivity contribution in [1.29, 1.82) is 0 Å². The molecule has 2 aliphatic heterocycles. The minimum Gasteiger partial charge on any atom is -0.347 e. The number of likely N-dealkylation sites (tertiary alicyclic amines) is 1. The highest BCUT2D eigenvalue weighted by Gasteiger charge is 2.42. The van der Waals surface area contributed by atoms with E-state index in [1.165, 1.54) is 19.3 Å². The van der Waals surface area contributed by atoms with Crippen LogP contribution in [0.1, 0.15) is 63.0 Å². The van der Waals surface area contributed by atoms with Crippen LogP contribution in [-0.4, -0.2) is 52.7 Å². The smallest absolute Gasteiger partial charge is 0.318 e. The molecule has 7 nitrogen and oxygen atoms in total. The Morgan fingerprint density at radius 1 is 1.32 bits per heavy atom. The predicted octanol–water partition coefficient (Wildman–Crippen LogP) is 2.72. The van der Waals surface area contributed by atoms with Gasteiger partial charge in [0.1, 0.15) is 6.10 Å². The van der Waals surface area contributed by atoms with E-state index in [4.69, 9.17) is 9.47 Å². The molecule has 7 heteroatoms. The maximum absolute atomic E-state index is 12.7. The van der Waals surface area contributed by atoms with Crippen LogP contribution in [0.2, 0.25) is 0 Å². The average molecular weight is 348 g/mol. The first-order valence-corrected chi connectivity index (χ1v) is 9.61. The minimum atomic E-state index is -0.377. The number of carbonyl (C=O) groups is 1. The number of H-pyrrole nitrogens is 1. The molecule has 3 fully saturated rings. The van der Waals surface area contributed by atoms with E-state index in [1.807, 2.05) is 17.3 Å². The second kappa shape index (κ2) is 7.33. The number of nitrogens with one attached hydrogen (secondary N) is 2. The summed E-state index contributed by atoms with van der Waals surface area (Å²) in [6, 6.07) is 0.0945. The van der Waals surface area contributed by atoms with Crippen LogP contribution >= 0.6 is 0 Å². The molecule has 1 saturated carbocycles. The lowest BCUT2D eigenvalue weighted by Crippen LogP contribution is -2.47. The van der Waals surface area contributed by atoms with Gasteiger partial charge in [-0.3, -0.25) is 5.10 Å². The Morgan fingerprint density at radius 2 is 2.20 bits per heavy atom. The fourth-order valence-corrected chi connectivity index (χ4v) is 4.34. The first-order chi connectivity index (χ1) is 12.3. The van der Waals surface area contributed by atoms with Crippen LogP contribution in [0.5, 0.6) is 0 Å². The Balaban J connectivity index is 1.31. The number of hydrogen-bond donors (Lipinski definition) is 2. The number of urea groups is 1. The quantitative estimate of drug-likeness (QED) is 0.880. The van der Waals surface area contributed by atoms with E-state index in [2.05, 4.69) is 15.5 Å². The fourth-order valence-electron chi connectivity index (χ4n) is 4.34. The monoisotopic (exact) mass is 348 g/mol. The van der Waals surface area contributed by atoms with Gasteiger partial charge in [-0.25, -0.2) is 4.79 Å². The zero-order valence-corrected chi connectivity index (χ0v) is 14.7. The van der Waals surface area contributed by atoms with Crippen molar-refractivity contribution in [3.8, 4) is 0 Å². The highest BCUT2D eigenvalue weighted by Crippen LogP contribution is 2.37. The fraction of sp³-hybridized carbons (Fsp3) is 0.778. The van der Waals surface area contributed by atoms with Gasteiger partial charge in [0.25, 0.3) is 0 Å². The number of piperidine rings is 1. The van der Waals surface area contributed by atoms with Crippen LogP contribution in [0.3, 0.4) is 0 Å². The topological polar surface area (TPSA) is 79.5 Å². The summed E-state index contributed by atoms with van der Waals surface area (Å²) in [4.78, 5) is 14.6. The van der Waals surface area contributed by atoms with Gasteiger partial charge in [0, 0.05) is 37.7 Å². The predicted molar refractivity (Wildman–Crippen MR) is 91.9 cm³/mol. The summed E-state index contributed by atoms with van der Waals surface area (Å²) in [5.74, 6) is -0.377. The number of ether oxygens (including phenoxy) is 2. The van der Waals surface area contributed by atoms with Crippen molar-refractivity contribution in [3.63, 3.8) is 0 Å². The van der Waals surface area contributed by atoms with Gasteiger partial charge in [0.15, 0.2) is 5.79 Å². The minimum absolute atomic E-state index is 0.0147. The van der Waals surface area contributed by atoms with Gasteiger partial charge < -0.3 is 19.7 Å². The molecule has 2 atom stereocenters. The Hall–Kier alpha value is -1.60. The third-order valence-electron chi connectivity index (χ3n) is 5.68. The van der Waals surface area contributed by atoms with Crippen molar-refractivity contribution in [3.05, 3.63) is 18.0 Å². The molecule has 1 spiro atoms. The molecular weight excluding hydrogens is 320 g/mol. The van der Waals surface area contributed by atoms with Gasteiger partial charge in [-0.15, -0.1) is 0 Å². The van der Waals surface area contributed by atoms with E-state index in [0.717, 1.165) is 44.2 Å². The van der Waals surface area contributed by atoms with Crippen LogP contribution in [0.15, 0.2) is 12.4 Å². The Labute approximate surface area is 148 Å². The van der Waals surface area contributed by atoms with Crippen molar-refractivity contribution < 1.29 is 14.3 Å². The molecule has 1 aromatic heterocycles. The summed E-state index contributed by atoms with van der Waals surface area (Å²) in [7, 11) is 0. The van der Waals surface area contributed by atoms with Gasteiger partial charge in [-0.2, -0.15) is 5.10 Å². The van der Waals surface area contributed by atoms with Crippen LogP contribution in [-0.2, 0) is 9.47 Å². The molecule has 138 valence electrons. The van der Waals surface area contributed by atoms with Gasteiger partial charge in [-0.1, -0.05) is 6.42 Å². The number of hydrogen-bond acceptors (Lipinski definition) is 4. The van der Waals surface area contributed by atoms with E-state index < -0.39 is 0 Å². The third-order valence-corrected chi connectivity index (χ3v) is 5.68. The number of amides is 2. The number of rotatable bonds is 3. The molecule has 0 aromatic carbocycles. The molecule has 25 heavy (non-hydrogen) atoms. The molecule has 2 amide bonds. The molecule has 4 rings (SSSR count). The van der Waals surface area contributed by atoms with E-state index in [9.17, 15) is 4.79 Å². The summed E-state index contributed by atoms with van der Waals surface area (Å²) in [6.45, 7) is 1.87. The van der Waals surface area contributed by atoms with Gasteiger partial charge in [0.2, 0.25) is 0 Å². The Bertz CT molecular complexity index is 571. The second-order valence-corrected chi connectivity index (χ2v) is 7.44. The first kappa shape index (κ1) is 16.8. The second-order valence-electron chi connectivity index (χ2n) is 7.44. The zero-order chi connectivity index (χ0) is 17.1. The summed E-state index contributed by atoms with van der Waals surface area (Å²) < 4.78 is 12.1. The first-order valence-electron chi connectivity index (χ1n) is 9.61. The van der Waals surface area contributed by atoms with Crippen LogP contribution < -0.4 is 5.32 Å². The normalized spacial score (nSPS) is 29.0. The van der Waals surface area contributed by atoms with Gasteiger partial charge in [-0.05, 0) is 32.1 Å². The summed E-state index contributed by atoms with van der Waals surface area (Å²) in [5, 5.41) is 9.94. The summed E-state index contributed by atoms with van der Waals surface area (Å²) in [5.41, 5.74) is 1.08. The highest BCUT2D eigenvalue weighted by atomic mass is 16.7. The molecular formula is C18H28N4O3. The number of aromatic amines is 1. The lowest BCUT2D eigenvalue weighted by molar-refractivity contribution is -0.186. The number of carbonyl (C=O) groups excluding carboxylic acids is 1. The summed E-state index contributed by atoms with van der Waals surface area (Å²) >= 11 is 0. The number of nitrogens with zero attached hydrogens (tertiary/aromatic N) is 2. The molecule has 2 saturated heterocycles. The van der Waals surface area contributed by atoms with Crippen molar-refractivity contribution in [2.75, 3.05) is 19.7 Å². The van der Waals surface area contributed by atoms with Crippen molar-refractivity contribution >= 4 is 6.03 Å². The molecule has 0 unspecified atom stereocenters. The molecule has 0 radical (unpaired) electrons. The van der Waals surface area contributed by atoms with Crippen LogP contribution in [0.4, 0.5) is 4.79 Å². The third kappa shape index (κ3) is 3.67. The number of aromatic nitrogens is 2. The lowest BCUT2D eigenvalue weighted by Gasteiger charge is -2.35. The van der Waals surface area contributed by atoms with Crippen LogP contribution in [0, 0.1) is 0 Å². The standard InChI is InChI=1S/C18H28N4O3/c23-17(22-9-5-2-6-16(22)14-10-20-21-11-14)19-12-15-13-24-18(25-15)7-3-1-4-8-18/h10-11,15-16H,1-9,12-13H2,(H,19,23)(H,20,21)/t15-,16-/m1/s1. The SMILES string of the molecule is O=C(NC[C@@H]1COC2(CCCCC2)O1)N1CCCC[C@@H]1c1cn[nH]c1. The summed E-state index contributed by atoms with van der Waals surface area (Å²) in [6.07, 6.45) is 12.4. The molecule has 3 heterocycles. The largest absolute Gasteiger partial charge is 0.347 e. The molecule has 0 bridgehead atoms. The lowest BCUT2D eigenvalue weighted by atomic mass is 9.94. The van der Waals surface area contributed by atoms with Gasteiger partial charge in [0.05, 0.1) is 18.8 Å².